The van der Waals surface area contributed by atoms with Gasteiger partial charge in [0.15, 0.2) is 5.60 Å². The first-order valence-corrected chi connectivity index (χ1v) is 5.69. The summed E-state index contributed by atoms with van der Waals surface area (Å²) in [6.07, 6.45) is 1.32. The van der Waals surface area contributed by atoms with Gasteiger partial charge in [-0.2, -0.15) is 0 Å². The molecule has 0 fully saturated rings. The average Bonchev–Trinajstić information content (AvgIpc) is 2.37. The number of nitrogens with one attached hydrogen (secondary N) is 1. The molecule has 0 radical (unpaired) electrons. The summed E-state index contributed by atoms with van der Waals surface area (Å²) in [5.74, 6) is -1.45. The number of pyridine rings is 1. The second-order valence-electron chi connectivity index (χ2n) is 4.09. The lowest BCUT2D eigenvalue weighted by Gasteiger charge is -2.18. The quantitative estimate of drug-likeness (QED) is 0.645. The van der Waals surface area contributed by atoms with Crippen molar-refractivity contribution in [2.24, 2.45) is 0 Å². The largest absolute Gasteiger partial charge is 0.479 e. The van der Waals surface area contributed by atoms with E-state index in [0.717, 1.165) is 0 Å². The lowest BCUT2D eigenvalue weighted by molar-refractivity contribution is -0.155. The average molecular weight is 268 g/mol. The predicted molar refractivity (Wildman–Crippen MR) is 66.9 cm³/mol. The molecule has 3 N–H and O–H groups in total. The lowest BCUT2D eigenvalue weighted by Crippen LogP contribution is -2.41. The number of hydrogen-bond donors (Lipinski definition) is 3. The zero-order valence-corrected chi connectivity index (χ0v) is 10.7. The highest BCUT2D eigenvalue weighted by molar-refractivity contribution is 5.89. The Kier molecular flexibility index (Phi) is 4.82. The Balaban J connectivity index is 2.63. The number of anilines is 1. The smallest absolute Gasteiger partial charge is 0.339 e. The van der Waals surface area contributed by atoms with Crippen LogP contribution in [0.3, 0.4) is 0 Å². The Morgan fingerprint density at radius 1 is 1.47 bits per heavy atom. The van der Waals surface area contributed by atoms with Crippen LogP contribution in [0.15, 0.2) is 18.3 Å². The van der Waals surface area contributed by atoms with Crippen LogP contribution in [0.5, 0.6) is 0 Å². The van der Waals surface area contributed by atoms with Crippen molar-refractivity contribution in [2.45, 2.75) is 19.4 Å². The number of rotatable bonds is 6. The fourth-order valence-electron chi connectivity index (χ4n) is 1.17. The van der Waals surface area contributed by atoms with Crippen LogP contribution in [0.1, 0.15) is 24.2 Å². The Morgan fingerprint density at radius 2 is 2.16 bits per heavy atom. The lowest BCUT2D eigenvalue weighted by atomic mass is 10.1. The van der Waals surface area contributed by atoms with E-state index in [1.54, 1.807) is 6.92 Å². The van der Waals surface area contributed by atoms with Crippen LogP contribution in [0, 0.1) is 0 Å². The van der Waals surface area contributed by atoms with Gasteiger partial charge < -0.3 is 20.3 Å². The number of aliphatic carboxylic acids is 1. The third-order valence-corrected chi connectivity index (χ3v) is 2.35. The van der Waals surface area contributed by atoms with Gasteiger partial charge in [-0.05, 0) is 26.0 Å². The minimum absolute atomic E-state index is 0.200. The van der Waals surface area contributed by atoms with Gasteiger partial charge in [0, 0.05) is 6.20 Å². The molecule has 19 heavy (non-hydrogen) atoms. The van der Waals surface area contributed by atoms with Gasteiger partial charge in [-0.3, -0.25) is 0 Å². The van der Waals surface area contributed by atoms with Crippen LogP contribution < -0.4 is 5.32 Å². The molecule has 0 spiro atoms. The number of ether oxygens (including phenoxy) is 1. The zero-order valence-electron chi connectivity index (χ0n) is 10.7. The third kappa shape index (κ3) is 4.22. The molecule has 1 atom stereocenters. The van der Waals surface area contributed by atoms with Crippen LogP contribution in [0.4, 0.5) is 5.82 Å². The second kappa shape index (κ2) is 6.14. The van der Waals surface area contributed by atoms with Crippen LogP contribution >= 0.6 is 0 Å². The molecular weight excluding hydrogens is 252 g/mol. The van der Waals surface area contributed by atoms with E-state index in [4.69, 9.17) is 9.84 Å². The van der Waals surface area contributed by atoms with Crippen molar-refractivity contribution in [3.8, 4) is 0 Å². The van der Waals surface area contributed by atoms with E-state index in [1.807, 2.05) is 0 Å². The Hall–Kier alpha value is -2.15. The molecule has 1 aromatic heterocycles. The van der Waals surface area contributed by atoms with Crippen molar-refractivity contribution in [3.63, 3.8) is 0 Å². The Bertz CT molecular complexity index is 456. The van der Waals surface area contributed by atoms with Crippen molar-refractivity contribution in [1.29, 1.82) is 0 Å². The summed E-state index contributed by atoms with van der Waals surface area (Å²) >= 11 is 0. The number of esters is 1. The molecular formula is C12H16N2O5. The van der Waals surface area contributed by atoms with Crippen molar-refractivity contribution < 1.29 is 24.5 Å². The molecule has 1 aromatic rings. The summed E-state index contributed by atoms with van der Waals surface area (Å²) in [6, 6.07) is 3.01. The molecule has 0 saturated carbocycles. The SMILES string of the molecule is CCOC(=O)c1ccc(NCC(C)(O)C(=O)O)nc1. The van der Waals surface area contributed by atoms with E-state index in [9.17, 15) is 14.7 Å². The molecule has 104 valence electrons. The van der Waals surface area contributed by atoms with Crippen molar-refractivity contribution in [3.05, 3.63) is 23.9 Å². The van der Waals surface area contributed by atoms with E-state index in [2.05, 4.69) is 10.3 Å². The summed E-state index contributed by atoms with van der Waals surface area (Å²) < 4.78 is 4.80. The summed E-state index contributed by atoms with van der Waals surface area (Å²) in [5, 5.41) is 20.9. The van der Waals surface area contributed by atoms with E-state index in [0.29, 0.717) is 11.4 Å². The van der Waals surface area contributed by atoms with Gasteiger partial charge in [0.05, 0.1) is 18.7 Å². The number of aliphatic hydroxyl groups is 1. The highest BCUT2D eigenvalue weighted by Gasteiger charge is 2.29. The van der Waals surface area contributed by atoms with Gasteiger partial charge in [-0.25, -0.2) is 14.6 Å². The summed E-state index contributed by atoms with van der Waals surface area (Å²) in [4.78, 5) is 26.0. The molecule has 0 aliphatic rings. The van der Waals surface area contributed by atoms with Crippen molar-refractivity contribution >= 4 is 17.8 Å². The van der Waals surface area contributed by atoms with Crippen molar-refractivity contribution in [1.82, 2.24) is 4.98 Å². The monoisotopic (exact) mass is 268 g/mol. The van der Waals surface area contributed by atoms with Gasteiger partial charge in [0.25, 0.3) is 0 Å². The second-order valence-corrected chi connectivity index (χ2v) is 4.09. The van der Waals surface area contributed by atoms with E-state index in [-0.39, 0.29) is 13.2 Å². The third-order valence-electron chi connectivity index (χ3n) is 2.35. The molecule has 1 rings (SSSR count). The number of nitrogens with zero attached hydrogens (tertiary/aromatic N) is 1. The Labute approximate surface area is 110 Å². The molecule has 1 heterocycles. The molecule has 0 saturated heterocycles. The highest BCUT2D eigenvalue weighted by Crippen LogP contribution is 2.09. The molecule has 0 bridgehead atoms. The minimum atomic E-state index is -1.89. The standard InChI is InChI=1S/C12H16N2O5/c1-3-19-10(15)8-4-5-9(13-6-8)14-7-12(2,18)11(16)17/h4-6,18H,3,7H2,1-2H3,(H,13,14)(H,16,17). The molecule has 7 heteroatoms. The van der Waals surface area contributed by atoms with E-state index in [1.165, 1.54) is 25.3 Å². The number of aromatic nitrogens is 1. The number of carboxylic acid groups (broad SMARTS) is 1. The number of carboxylic acids is 1. The van der Waals surface area contributed by atoms with E-state index >= 15 is 0 Å². The molecule has 7 nitrogen and oxygen atoms in total. The van der Waals surface area contributed by atoms with Crippen LogP contribution in [0.25, 0.3) is 0 Å². The minimum Gasteiger partial charge on any atom is -0.479 e. The molecule has 0 amide bonds. The van der Waals surface area contributed by atoms with Crippen LogP contribution in [-0.4, -0.2) is 45.9 Å². The topological polar surface area (TPSA) is 109 Å². The fraction of sp³-hybridized carbons (Fsp3) is 0.417. The molecule has 0 aliphatic carbocycles. The van der Waals surface area contributed by atoms with Gasteiger partial charge >= 0.3 is 11.9 Å². The first-order valence-electron chi connectivity index (χ1n) is 5.69. The zero-order chi connectivity index (χ0) is 14.5. The van der Waals surface area contributed by atoms with Crippen molar-refractivity contribution in [2.75, 3.05) is 18.5 Å². The fourth-order valence-corrected chi connectivity index (χ4v) is 1.17. The summed E-state index contributed by atoms with van der Waals surface area (Å²) in [7, 11) is 0. The number of carbonyl (C=O) groups excluding carboxylic acids is 1. The normalized spacial score (nSPS) is 13.4. The Morgan fingerprint density at radius 3 is 2.63 bits per heavy atom. The predicted octanol–water partition coefficient (Wildman–Crippen LogP) is 0.506. The summed E-state index contributed by atoms with van der Waals surface area (Å²) in [5.41, 5.74) is -1.58. The first kappa shape index (κ1) is 14.9. The maximum absolute atomic E-state index is 11.4. The van der Waals surface area contributed by atoms with Crippen LogP contribution in [0.2, 0.25) is 0 Å². The van der Waals surface area contributed by atoms with Gasteiger partial charge in [-0.1, -0.05) is 0 Å². The molecule has 0 aliphatic heterocycles. The van der Waals surface area contributed by atoms with Gasteiger partial charge in [0.2, 0.25) is 0 Å². The molecule has 0 aromatic carbocycles. The number of hydrogen-bond acceptors (Lipinski definition) is 6. The first-order chi connectivity index (χ1) is 8.86. The molecule has 1 unspecified atom stereocenters. The highest BCUT2D eigenvalue weighted by atomic mass is 16.5. The number of carbonyl (C=O) groups is 2. The maximum atomic E-state index is 11.4. The van der Waals surface area contributed by atoms with Gasteiger partial charge in [0.1, 0.15) is 5.82 Å². The maximum Gasteiger partial charge on any atom is 0.339 e. The van der Waals surface area contributed by atoms with Gasteiger partial charge in [-0.15, -0.1) is 0 Å². The summed E-state index contributed by atoms with van der Waals surface area (Å²) in [6.45, 7) is 2.96. The van der Waals surface area contributed by atoms with Crippen LogP contribution in [-0.2, 0) is 9.53 Å². The van der Waals surface area contributed by atoms with E-state index < -0.39 is 17.5 Å².